The lowest BCUT2D eigenvalue weighted by Crippen LogP contribution is -2.56. The van der Waals surface area contributed by atoms with E-state index in [4.69, 9.17) is 5.73 Å². The molecule has 3 aliphatic carbocycles. The Kier molecular flexibility index (Phi) is 16.4. The number of hydrogen-bond acceptors (Lipinski definition) is 7. The first-order valence-corrected chi connectivity index (χ1v) is 22.9. The highest BCUT2D eigenvalue weighted by molar-refractivity contribution is 5.91. The second-order valence-electron chi connectivity index (χ2n) is 18.2. The quantitative estimate of drug-likeness (QED) is 0.290. The maximum absolute atomic E-state index is 14.5. The van der Waals surface area contributed by atoms with Gasteiger partial charge in [-0.2, -0.15) is 0 Å². The average molecular weight is 840 g/mol. The number of unbranched alkanes of at least 4 members (excludes halogenated alkanes) is 1. The van der Waals surface area contributed by atoms with Gasteiger partial charge < -0.3 is 36.4 Å². The van der Waals surface area contributed by atoms with Gasteiger partial charge in [0.2, 0.25) is 35.4 Å². The van der Waals surface area contributed by atoms with Crippen molar-refractivity contribution in [3.05, 3.63) is 71.8 Å². The van der Waals surface area contributed by atoms with E-state index in [2.05, 4.69) is 16.0 Å². The van der Waals surface area contributed by atoms with Crippen LogP contribution >= 0.6 is 0 Å². The summed E-state index contributed by atoms with van der Waals surface area (Å²) >= 11 is 0. The van der Waals surface area contributed by atoms with Gasteiger partial charge in [0.1, 0.15) is 18.1 Å². The molecule has 13 heteroatoms. The summed E-state index contributed by atoms with van der Waals surface area (Å²) in [6.45, 7) is 0.478. The molecule has 4 aliphatic rings. The van der Waals surface area contributed by atoms with Crippen LogP contribution in [0.4, 0.5) is 0 Å². The monoisotopic (exact) mass is 840 g/mol. The van der Waals surface area contributed by atoms with E-state index in [1.165, 1.54) is 0 Å². The van der Waals surface area contributed by atoms with E-state index < -0.39 is 30.0 Å². The number of nitrogens with two attached hydrogens (primary N) is 1. The third-order valence-corrected chi connectivity index (χ3v) is 14.1. The topological polar surface area (TPSA) is 174 Å². The minimum absolute atomic E-state index is 0.186. The lowest BCUT2D eigenvalue weighted by Gasteiger charge is -2.39. The third kappa shape index (κ3) is 12.0. The fourth-order valence-corrected chi connectivity index (χ4v) is 10.3. The molecule has 0 unspecified atom stereocenters. The largest absolute Gasteiger partial charge is 0.344 e. The van der Waals surface area contributed by atoms with Gasteiger partial charge in [-0.3, -0.25) is 28.8 Å². The molecular weight excluding hydrogens is 771 g/mol. The molecule has 61 heavy (non-hydrogen) atoms. The lowest BCUT2D eigenvalue weighted by molar-refractivity contribution is -0.142. The van der Waals surface area contributed by atoms with Gasteiger partial charge in [-0.1, -0.05) is 79.9 Å². The summed E-state index contributed by atoms with van der Waals surface area (Å²) in [6.07, 6.45) is 10.1. The van der Waals surface area contributed by atoms with Gasteiger partial charge in [-0.25, -0.2) is 0 Å². The van der Waals surface area contributed by atoms with Crippen LogP contribution in [0.25, 0.3) is 0 Å². The van der Waals surface area contributed by atoms with Crippen molar-refractivity contribution in [2.24, 2.45) is 23.5 Å². The summed E-state index contributed by atoms with van der Waals surface area (Å²) in [7, 11) is 5.32. The van der Waals surface area contributed by atoms with Crippen molar-refractivity contribution in [3.8, 4) is 0 Å². The van der Waals surface area contributed by atoms with Crippen molar-refractivity contribution in [2.75, 3.05) is 27.7 Å². The van der Waals surface area contributed by atoms with Crippen LogP contribution in [0.2, 0.25) is 0 Å². The minimum atomic E-state index is -0.829. The number of amides is 6. The van der Waals surface area contributed by atoms with Gasteiger partial charge in [0, 0.05) is 69.9 Å². The molecule has 0 aromatic heterocycles. The van der Waals surface area contributed by atoms with Crippen LogP contribution in [0.15, 0.2) is 60.7 Å². The van der Waals surface area contributed by atoms with Crippen LogP contribution in [0.5, 0.6) is 0 Å². The van der Waals surface area contributed by atoms with Crippen molar-refractivity contribution in [1.82, 2.24) is 30.7 Å². The number of rotatable bonds is 8. The highest BCUT2D eigenvalue weighted by atomic mass is 16.2. The maximum atomic E-state index is 14.5. The van der Waals surface area contributed by atoms with Gasteiger partial charge >= 0.3 is 0 Å². The van der Waals surface area contributed by atoms with Crippen LogP contribution < -0.4 is 21.7 Å². The Morgan fingerprint density at radius 3 is 1.20 bits per heavy atom. The SMILES string of the molecule is CN1C(=O)[C@H](CCCCN)NC(=O)[C@H]2CCC[C@H](C2)N(C)C(=O)[C@H](Cc2ccccc2)NC(=O)[C@H]2CCC[C@H](C2)N(C)C(=O)[C@H](Cc2ccccc2)NC(=O)[C@H]2CCC[C@@H]1C2. The van der Waals surface area contributed by atoms with Crippen molar-refractivity contribution in [2.45, 2.75) is 145 Å². The number of hydrogen-bond donors (Lipinski definition) is 4. The zero-order chi connectivity index (χ0) is 43.5. The smallest absolute Gasteiger partial charge is 0.245 e. The molecule has 6 rings (SSSR count). The normalized spacial score (nSPS) is 30.2. The number of nitrogens with one attached hydrogen (secondary N) is 3. The van der Waals surface area contributed by atoms with E-state index in [1.54, 1.807) is 35.8 Å². The highest BCUT2D eigenvalue weighted by Crippen LogP contribution is 2.32. The summed E-state index contributed by atoms with van der Waals surface area (Å²) < 4.78 is 0. The van der Waals surface area contributed by atoms with E-state index in [1.807, 2.05) is 60.7 Å². The van der Waals surface area contributed by atoms with Gasteiger partial charge in [0.25, 0.3) is 0 Å². The molecule has 3 saturated carbocycles. The number of carbonyl (C=O) groups excluding carboxylic acids is 6. The first kappa shape index (κ1) is 45.7. The lowest BCUT2D eigenvalue weighted by atomic mass is 9.83. The molecule has 1 heterocycles. The standard InChI is InChI=1S/C48H69N7O6/c1-53-37-22-13-20-35(30-37)44(57)51-42(28-33-17-8-5-9-18-33)48(61)55(3)39-24-14-21-36(31-39)45(58)52-41(27-32-15-6-4-7-16-32)47(60)54(2)38-23-12-19-34(29-38)43(56)50-40(46(53)59)25-10-11-26-49/h4-9,15-18,34-42H,10-14,19-31,49H2,1-3H3,(H,50,56)(H,51,57)(H,52,58)/t34-,35-,36-,37+,38+,39+,40-,41-,42-/m0/s1. The Bertz CT molecular complexity index is 1770. The summed E-state index contributed by atoms with van der Waals surface area (Å²) in [5.74, 6) is -2.40. The first-order chi connectivity index (χ1) is 29.4. The minimum Gasteiger partial charge on any atom is -0.344 e. The van der Waals surface area contributed by atoms with Crippen molar-refractivity contribution < 1.29 is 28.8 Å². The van der Waals surface area contributed by atoms with Crippen molar-refractivity contribution in [3.63, 3.8) is 0 Å². The van der Waals surface area contributed by atoms with E-state index in [0.29, 0.717) is 77.2 Å². The second-order valence-corrected chi connectivity index (χ2v) is 18.2. The average Bonchev–Trinajstić information content (AvgIpc) is 3.29. The van der Waals surface area contributed by atoms with Crippen LogP contribution in [0.3, 0.4) is 0 Å². The van der Waals surface area contributed by atoms with E-state index >= 15 is 0 Å². The highest BCUT2D eigenvalue weighted by Gasteiger charge is 2.40. The fourth-order valence-electron chi connectivity index (χ4n) is 10.3. The zero-order valence-electron chi connectivity index (χ0n) is 36.6. The molecule has 2 aromatic carbocycles. The Hall–Kier alpha value is -4.78. The van der Waals surface area contributed by atoms with Gasteiger partial charge in [-0.05, 0) is 94.7 Å². The summed E-state index contributed by atoms with van der Waals surface area (Å²) in [5, 5.41) is 9.41. The summed E-state index contributed by atoms with van der Waals surface area (Å²) in [4.78, 5) is 91.0. The van der Waals surface area contributed by atoms with Crippen molar-refractivity contribution >= 4 is 35.4 Å². The van der Waals surface area contributed by atoms with E-state index in [-0.39, 0.29) is 59.5 Å². The molecule has 1 aliphatic heterocycles. The molecule has 13 nitrogen and oxygen atoms in total. The molecule has 0 spiro atoms. The number of carbonyl (C=O) groups is 6. The molecule has 5 N–H and O–H groups in total. The molecule has 1 saturated heterocycles. The molecule has 332 valence electrons. The van der Waals surface area contributed by atoms with Crippen LogP contribution in [-0.4, -0.2) is 114 Å². The molecule has 9 atom stereocenters. The fraction of sp³-hybridized carbons (Fsp3) is 0.625. The number of benzene rings is 2. The predicted molar refractivity (Wildman–Crippen MR) is 235 cm³/mol. The predicted octanol–water partition coefficient (Wildman–Crippen LogP) is 4.12. The van der Waals surface area contributed by atoms with Crippen LogP contribution in [-0.2, 0) is 41.6 Å². The molecule has 6 bridgehead atoms. The molecule has 2 aromatic rings. The zero-order valence-corrected chi connectivity index (χ0v) is 36.6. The molecular formula is C48H69N7O6. The molecule has 0 radical (unpaired) electrons. The number of fused-ring (bicyclic) bond motifs is 6. The Balaban J connectivity index is 1.31. The molecule has 4 fully saturated rings. The van der Waals surface area contributed by atoms with Crippen LogP contribution in [0.1, 0.15) is 107 Å². The Labute approximate surface area is 362 Å². The summed E-state index contributed by atoms with van der Waals surface area (Å²) in [6, 6.07) is 16.2. The summed E-state index contributed by atoms with van der Waals surface area (Å²) in [5.41, 5.74) is 7.67. The van der Waals surface area contributed by atoms with Gasteiger partial charge in [-0.15, -0.1) is 0 Å². The van der Waals surface area contributed by atoms with Gasteiger partial charge in [0.15, 0.2) is 0 Å². The third-order valence-electron chi connectivity index (χ3n) is 14.1. The second kappa shape index (κ2) is 21.8. The van der Waals surface area contributed by atoms with Crippen molar-refractivity contribution in [1.29, 1.82) is 0 Å². The van der Waals surface area contributed by atoms with Gasteiger partial charge in [0.05, 0.1) is 0 Å². The number of likely N-dealkylation sites (N-methyl/N-ethyl adjacent to an activating group) is 3. The Morgan fingerprint density at radius 1 is 0.492 bits per heavy atom. The molecule has 6 amide bonds. The van der Waals surface area contributed by atoms with Crippen LogP contribution in [0, 0.1) is 17.8 Å². The maximum Gasteiger partial charge on any atom is 0.245 e. The van der Waals surface area contributed by atoms with E-state index in [0.717, 1.165) is 49.7 Å². The Morgan fingerprint density at radius 2 is 0.836 bits per heavy atom. The van der Waals surface area contributed by atoms with E-state index in [9.17, 15) is 28.8 Å². The first-order valence-electron chi connectivity index (χ1n) is 22.9. The number of nitrogens with zero attached hydrogens (tertiary/aromatic N) is 3.